The van der Waals surface area contributed by atoms with E-state index >= 15 is 0 Å². The summed E-state index contributed by atoms with van der Waals surface area (Å²) >= 11 is 12.2. The Morgan fingerprint density at radius 2 is 2.21 bits per heavy atom. The lowest BCUT2D eigenvalue weighted by Gasteiger charge is -2.19. The van der Waals surface area contributed by atoms with Gasteiger partial charge in [0.05, 0.1) is 6.33 Å². The Labute approximate surface area is 123 Å². The third-order valence-corrected chi connectivity index (χ3v) is 3.63. The minimum atomic E-state index is 0.244. The van der Waals surface area contributed by atoms with Crippen molar-refractivity contribution in [1.29, 1.82) is 0 Å². The molecule has 3 nitrogen and oxygen atoms in total. The molecule has 0 radical (unpaired) electrons. The third-order valence-electron chi connectivity index (χ3n) is 3.07. The second-order valence-electron chi connectivity index (χ2n) is 4.38. The minimum absolute atomic E-state index is 0.244. The Balaban J connectivity index is 1.95. The first-order valence-electron chi connectivity index (χ1n) is 6.34. The highest BCUT2D eigenvalue weighted by atomic mass is 35.5. The van der Waals surface area contributed by atoms with Gasteiger partial charge in [-0.25, -0.2) is 4.98 Å². The highest BCUT2D eigenvalue weighted by Gasteiger charge is 2.12. The van der Waals surface area contributed by atoms with Gasteiger partial charge in [0.2, 0.25) is 0 Å². The number of imidazole rings is 1. The third kappa shape index (κ3) is 3.96. The van der Waals surface area contributed by atoms with Crippen molar-refractivity contribution < 1.29 is 0 Å². The van der Waals surface area contributed by atoms with Gasteiger partial charge in [0.15, 0.2) is 0 Å². The second kappa shape index (κ2) is 6.94. The Bertz CT molecular complexity index is 511. The van der Waals surface area contributed by atoms with Crippen LogP contribution in [0.4, 0.5) is 0 Å². The van der Waals surface area contributed by atoms with Gasteiger partial charge < -0.3 is 9.88 Å². The molecule has 0 bridgehead atoms. The van der Waals surface area contributed by atoms with E-state index in [9.17, 15) is 0 Å². The van der Waals surface area contributed by atoms with Crippen molar-refractivity contribution in [2.75, 3.05) is 6.54 Å². The van der Waals surface area contributed by atoms with Gasteiger partial charge in [-0.15, -0.1) is 0 Å². The molecule has 5 heteroatoms. The molecule has 0 amide bonds. The quantitative estimate of drug-likeness (QED) is 0.875. The molecule has 2 rings (SSSR count). The van der Waals surface area contributed by atoms with E-state index in [0.717, 1.165) is 30.1 Å². The van der Waals surface area contributed by atoms with Gasteiger partial charge >= 0.3 is 0 Å². The maximum Gasteiger partial charge on any atom is 0.0946 e. The van der Waals surface area contributed by atoms with E-state index in [1.807, 2.05) is 29.2 Å². The first-order chi connectivity index (χ1) is 9.20. The summed E-state index contributed by atoms with van der Waals surface area (Å²) in [5.74, 6) is 0. The Morgan fingerprint density at radius 1 is 1.37 bits per heavy atom. The molecule has 1 aromatic heterocycles. The fourth-order valence-corrected chi connectivity index (χ4v) is 2.59. The van der Waals surface area contributed by atoms with E-state index < -0.39 is 0 Å². The fourth-order valence-electron chi connectivity index (χ4n) is 2.05. The number of rotatable bonds is 6. The predicted octanol–water partition coefficient (Wildman–Crippen LogP) is 3.93. The van der Waals surface area contributed by atoms with Crippen LogP contribution in [0.1, 0.15) is 24.9 Å². The van der Waals surface area contributed by atoms with E-state index in [1.165, 1.54) is 0 Å². The molecule has 1 N–H and O–H groups in total. The molecule has 1 unspecified atom stereocenters. The number of nitrogens with one attached hydrogen (secondary N) is 1. The smallest absolute Gasteiger partial charge is 0.0946 e. The van der Waals surface area contributed by atoms with E-state index in [0.29, 0.717) is 5.02 Å². The molecule has 0 aliphatic carbocycles. The number of nitrogens with zero attached hydrogens (tertiary/aromatic N) is 2. The van der Waals surface area contributed by atoms with E-state index in [1.54, 1.807) is 12.3 Å². The molecule has 0 aliphatic rings. The van der Waals surface area contributed by atoms with Crippen molar-refractivity contribution in [3.63, 3.8) is 0 Å². The molecule has 0 spiro atoms. The number of aromatic nitrogens is 2. The molecule has 0 saturated heterocycles. The molecule has 0 fully saturated rings. The average molecular weight is 298 g/mol. The van der Waals surface area contributed by atoms with Crippen LogP contribution >= 0.6 is 23.2 Å². The molecule has 19 heavy (non-hydrogen) atoms. The summed E-state index contributed by atoms with van der Waals surface area (Å²) in [6, 6.07) is 5.90. The lowest BCUT2D eigenvalue weighted by molar-refractivity contribution is 0.492. The van der Waals surface area contributed by atoms with Gasteiger partial charge in [0.1, 0.15) is 0 Å². The van der Waals surface area contributed by atoms with Crippen LogP contribution in [0.5, 0.6) is 0 Å². The zero-order chi connectivity index (χ0) is 13.7. The fraction of sp³-hybridized carbons (Fsp3) is 0.357. The van der Waals surface area contributed by atoms with Gasteiger partial charge in [-0.2, -0.15) is 0 Å². The van der Waals surface area contributed by atoms with Crippen LogP contribution in [0, 0.1) is 0 Å². The van der Waals surface area contributed by atoms with Crippen LogP contribution in [-0.2, 0) is 6.54 Å². The maximum absolute atomic E-state index is 6.24. The van der Waals surface area contributed by atoms with E-state index in [4.69, 9.17) is 23.2 Å². The monoisotopic (exact) mass is 297 g/mol. The van der Waals surface area contributed by atoms with Crippen LogP contribution in [0.25, 0.3) is 0 Å². The standard InChI is InChI=1S/C14H17Cl2N3/c1-2-14(12-4-3-11(15)9-13(12)16)18-6-8-19-7-5-17-10-19/h3-5,7,9-10,14,18H,2,6,8H2,1H3. The highest BCUT2D eigenvalue weighted by Crippen LogP contribution is 2.27. The number of hydrogen-bond donors (Lipinski definition) is 1. The van der Waals surface area contributed by atoms with Crippen molar-refractivity contribution in [3.8, 4) is 0 Å². The van der Waals surface area contributed by atoms with Crippen LogP contribution in [0.2, 0.25) is 10.0 Å². The summed E-state index contributed by atoms with van der Waals surface area (Å²) < 4.78 is 2.04. The first kappa shape index (κ1) is 14.4. The average Bonchev–Trinajstić information content (AvgIpc) is 2.89. The molecule has 1 heterocycles. The molecule has 102 valence electrons. The molecule has 2 aromatic rings. The van der Waals surface area contributed by atoms with Gasteiger partial charge in [0.25, 0.3) is 0 Å². The Morgan fingerprint density at radius 3 is 2.84 bits per heavy atom. The highest BCUT2D eigenvalue weighted by molar-refractivity contribution is 6.35. The topological polar surface area (TPSA) is 29.9 Å². The Hall–Kier alpha value is -1.03. The Kier molecular flexibility index (Phi) is 5.25. The van der Waals surface area contributed by atoms with Crippen LogP contribution in [0.3, 0.4) is 0 Å². The molecule has 0 aliphatic heterocycles. The van der Waals surface area contributed by atoms with Crippen molar-refractivity contribution >= 4 is 23.2 Å². The summed E-state index contributed by atoms with van der Waals surface area (Å²) in [5, 5.41) is 4.89. The van der Waals surface area contributed by atoms with Crippen molar-refractivity contribution in [2.24, 2.45) is 0 Å². The normalized spacial score (nSPS) is 12.6. The van der Waals surface area contributed by atoms with Crippen LogP contribution in [-0.4, -0.2) is 16.1 Å². The van der Waals surface area contributed by atoms with Crippen LogP contribution < -0.4 is 5.32 Å². The summed E-state index contributed by atoms with van der Waals surface area (Å²) in [6.45, 7) is 3.90. The zero-order valence-corrected chi connectivity index (χ0v) is 12.3. The van der Waals surface area contributed by atoms with Gasteiger partial charge in [0, 0.05) is 41.6 Å². The summed E-state index contributed by atoms with van der Waals surface area (Å²) in [7, 11) is 0. The van der Waals surface area contributed by atoms with Gasteiger partial charge in [-0.05, 0) is 24.1 Å². The predicted molar refractivity (Wildman–Crippen MR) is 79.7 cm³/mol. The molecule has 1 aromatic carbocycles. The molecule has 0 saturated carbocycles. The van der Waals surface area contributed by atoms with Crippen molar-refractivity contribution in [1.82, 2.24) is 14.9 Å². The summed E-state index contributed by atoms with van der Waals surface area (Å²) in [5.41, 5.74) is 1.10. The maximum atomic E-state index is 6.24. The van der Waals surface area contributed by atoms with Crippen LogP contribution in [0.15, 0.2) is 36.9 Å². The largest absolute Gasteiger partial charge is 0.336 e. The molecular formula is C14H17Cl2N3. The lowest BCUT2D eigenvalue weighted by atomic mass is 10.0. The summed E-state index contributed by atoms with van der Waals surface area (Å²) in [4.78, 5) is 4.02. The van der Waals surface area contributed by atoms with Gasteiger partial charge in [-0.3, -0.25) is 0 Å². The first-order valence-corrected chi connectivity index (χ1v) is 7.10. The van der Waals surface area contributed by atoms with Crippen molar-refractivity contribution in [2.45, 2.75) is 25.9 Å². The molecule has 1 atom stereocenters. The van der Waals surface area contributed by atoms with E-state index in [2.05, 4.69) is 17.2 Å². The van der Waals surface area contributed by atoms with Gasteiger partial charge in [-0.1, -0.05) is 36.2 Å². The SMILES string of the molecule is CCC(NCCn1ccnc1)c1ccc(Cl)cc1Cl. The lowest BCUT2D eigenvalue weighted by Crippen LogP contribution is -2.24. The zero-order valence-electron chi connectivity index (χ0n) is 10.8. The molecular weight excluding hydrogens is 281 g/mol. The second-order valence-corrected chi connectivity index (χ2v) is 5.22. The number of hydrogen-bond acceptors (Lipinski definition) is 2. The number of benzene rings is 1. The van der Waals surface area contributed by atoms with E-state index in [-0.39, 0.29) is 6.04 Å². The number of halogens is 2. The summed E-state index contributed by atoms with van der Waals surface area (Å²) in [6.07, 6.45) is 6.54. The minimum Gasteiger partial charge on any atom is -0.336 e. The van der Waals surface area contributed by atoms with Crippen molar-refractivity contribution in [3.05, 3.63) is 52.5 Å².